The molecule has 0 spiro atoms. The summed E-state index contributed by atoms with van der Waals surface area (Å²) in [5, 5.41) is 3.16. The van der Waals surface area contributed by atoms with E-state index < -0.39 is 5.54 Å². The fourth-order valence-corrected chi connectivity index (χ4v) is 1.86. The predicted molar refractivity (Wildman–Crippen MR) is 71.6 cm³/mol. The molecule has 0 saturated carbocycles. The highest BCUT2D eigenvalue weighted by Crippen LogP contribution is 2.28. The third kappa shape index (κ3) is 3.01. The average Bonchev–Trinajstić information content (AvgIpc) is 2.36. The molecule has 0 radical (unpaired) electrons. The third-order valence-electron chi connectivity index (χ3n) is 2.83. The molecule has 4 nitrogen and oxygen atoms in total. The highest BCUT2D eigenvalue weighted by molar-refractivity contribution is 6.03. The highest BCUT2D eigenvalue weighted by atomic mass is 16.5. The number of Topliss-reactive ketones (excluding diaryl/α,β-unsaturated/α-hetero) is 1. The second-order valence-electron chi connectivity index (χ2n) is 4.55. The van der Waals surface area contributed by atoms with Gasteiger partial charge in [0.15, 0.2) is 17.3 Å². The molecular weight excluding hydrogens is 230 g/mol. The number of nitrogens with one attached hydrogen (secondary N) is 1. The van der Waals surface area contributed by atoms with E-state index >= 15 is 0 Å². The Balaban J connectivity index is 3.07. The predicted octanol–water partition coefficient (Wildman–Crippen LogP) is 2.27. The zero-order valence-corrected chi connectivity index (χ0v) is 11.7. The number of methoxy groups -OCH3 is 2. The van der Waals surface area contributed by atoms with Crippen LogP contribution in [0.1, 0.15) is 31.1 Å². The van der Waals surface area contributed by atoms with E-state index in [1.54, 1.807) is 32.4 Å². The molecule has 0 fully saturated rings. The number of benzene rings is 1. The minimum absolute atomic E-state index is 0.0327. The summed E-state index contributed by atoms with van der Waals surface area (Å²) >= 11 is 0. The van der Waals surface area contributed by atoms with Crippen molar-refractivity contribution in [1.29, 1.82) is 0 Å². The minimum Gasteiger partial charge on any atom is -0.493 e. The molecule has 18 heavy (non-hydrogen) atoms. The minimum atomic E-state index is -0.589. The standard InChI is InChI=1S/C14H21NO3/c1-6-15-14(2,3)13(16)10-7-8-11(17-4)12(9-10)18-5/h7-9,15H,6H2,1-5H3. The number of hydrogen-bond donors (Lipinski definition) is 1. The fraction of sp³-hybridized carbons (Fsp3) is 0.500. The van der Waals surface area contributed by atoms with Gasteiger partial charge in [0.25, 0.3) is 0 Å². The van der Waals surface area contributed by atoms with Gasteiger partial charge >= 0.3 is 0 Å². The number of ketones is 1. The van der Waals surface area contributed by atoms with E-state index in [1.807, 2.05) is 20.8 Å². The summed E-state index contributed by atoms with van der Waals surface area (Å²) in [5.74, 6) is 1.22. The second kappa shape index (κ2) is 5.87. The molecule has 0 unspecified atom stereocenters. The maximum atomic E-state index is 12.4. The summed E-state index contributed by atoms with van der Waals surface area (Å²) < 4.78 is 10.4. The van der Waals surface area contributed by atoms with Crippen LogP contribution in [0.2, 0.25) is 0 Å². The Morgan fingerprint density at radius 3 is 2.33 bits per heavy atom. The molecule has 0 atom stereocenters. The van der Waals surface area contributed by atoms with Crippen LogP contribution >= 0.6 is 0 Å². The molecule has 1 N–H and O–H groups in total. The van der Waals surface area contributed by atoms with Crippen LogP contribution < -0.4 is 14.8 Å². The van der Waals surface area contributed by atoms with Crippen molar-refractivity contribution in [3.63, 3.8) is 0 Å². The van der Waals surface area contributed by atoms with Crippen molar-refractivity contribution in [1.82, 2.24) is 5.32 Å². The van der Waals surface area contributed by atoms with Gasteiger partial charge in [-0.15, -0.1) is 0 Å². The Hall–Kier alpha value is -1.55. The first kappa shape index (κ1) is 14.5. The first-order valence-corrected chi connectivity index (χ1v) is 5.98. The Morgan fingerprint density at radius 2 is 1.83 bits per heavy atom. The van der Waals surface area contributed by atoms with Crippen molar-refractivity contribution in [2.24, 2.45) is 0 Å². The van der Waals surface area contributed by atoms with E-state index in [9.17, 15) is 4.79 Å². The molecule has 0 bridgehead atoms. The number of ether oxygens (including phenoxy) is 2. The normalized spacial score (nSPS) is 11.2. The fourth-order valence-electron chi connectivity index (χ4n) is 1.86. The molecule has 0 saturated heterocycles. The lowest BCUT2D eigenvalue weighted by Crippen LogP contribution is -2.46. The van der Waals surface area contributed by atoms with E-state index in [0.717, 1.165) is 6.54 Å². The van der Waals surface area contributed by atoms with E-state index in [1.165, 1.54) is 0 Å². The van der Waals surface area contributed by atoms with Crippen LogP contribution in [0.5, 0.6) is 11.5 Å². The first-order valence-electron chi connectivity index (χ1n) is 5.98. The first-order chi connectivity index (χ1) is 8.46. The SMILES string of the molecule is CCNC(C)(C)C(=O)c1ccc(OC)c(OC)c1. The molecule has 0 amide bonds. The Morgan fingerprint density at radius 1 is 1.22 bits per heavy atom. The maximum Gasteiger partial charge on any atom is 0.182 e. The highest BCUT2D eigenvalue weighted by Gasteiger charge is 2.27. The van der Waals surface area contributed by atoms with Gasteiger partial charge < -0.3 is 14.8 Å². The Labute approximate surface area is 108 Å². The lowest BCUT2D eigenvalue weighted by atomic mass is 9.93. The van der Waals surface area contributed by atoms with Crippen LogP contribution in [0.15, 0.2) is 18.2 Å². The molecule has 0 aliphatic rings. The van der Waals surface area contributed by atoms with Gasteiger partial charge in [0.2, 0.25) is 0 Å². The zero-order valence-electron chi connectivity index (χ0n) is 11.7. The molecule has 0 heterocycles. The van der Waals surface area contributed by atoms with Crippen LogP contribution in [0.25, 0.3) is 0 Å². The average molecular weight is 251 g/mol. The molecule has 0 aromatic heterocycles. The topological polar surface area (TPSA) is 47.6 Å². The summed E-state index contributed by atoms with van der Waals surface area (Å²) in [6.45, 7) is 6.46. The van der Waals surface area contributed by atoms with Crippen LogP contribution in [-0.4, -0.2) is 32.1 Å². The smallest absolute Gasteiger partial charge is 0.182 e. The quantitative estimate of drug-likeness (QED) is 0.788. The van der Waals surface area contributed by atoms with Crippen LogP contribution in [0.3, 0.4) is 0 Å². The largest absolute Gasteiger partial charge is 0.493 e. The van der Waals surface area contributed by atoms with E-state index in [0.29, 0.717) is 17.1 Å². The van der Waals surface area contributed by atoms with Crippen LogP contribution in [0.4, 0.5) is 0 Å². The summed E-state index contributed by atoms with van der Waals surface area (Å²) in [7, 11) is 3.13. The van der Waals surface area contributed by atoms with Crippen molar-refractivity contribution in [3.8, 4) is 11.5 Å². The van der Waals surface area contributed by atoms with Gasteiger partial charge in [-0.1, -0.05) is 6.92 Å². The summed E-state index contributed by atoms with van der Waals surface area (Å²) in [4.78, 5) is 12.4. The van der Waals surface area contributed by atoms with Gasteiger partial charge in [-0.3, -0.25) is 4.79 Å². The Kier molecular flexibility index (Phi) is 4.73. The van der Waals surface area contributed by atoms with Gasteiger partial charge in [-0.05, 0) is 38.6 Å². The Bertz CT molecular complexity index is 427. The summed E-state index contributed by atoms with van der Waals surface area (Å²) in [6.07, 6.45) is 0. The lowest BCUT2D eigenvalue weighted by Gasteiger charge is -2.24. The maximum absolute atomic E-state index is 12.4. The second-order valence-corrected chi connectivity index (χ2v) is 4.55. The molecule has 100 valence electrons. The van der Waals surface area contributed by atoms with Crippen molar-refractivity contribution < 1.29 is 14.3 Å². The number of carbonyl (C=O) groups excluding carboxylic acids is 1. The number of hydrogen-bond acceptors (Lipinski definition) is 4. The van der Waals surface area contributed by atoms with Gasteiger partial charge in [0.05, 0.1) is 19.8 Å². The van der Waals surface area contributed by atoms with Crippen molar-refractivity contribution in [3.05, 3.63) is 23.8 Å². The van der Waals surface area contributed by atoms with Gasteiger partial charge in [-0.2, -0.15) is 0 Å². The van der Waals surface area contributed by atoms with Crippen LogP contribution in [0, 0.1) is 0 Å². The van der Waals surface area contributed by atoms with Gasteiger partial charge in [-0.25, -0.2) is 0 Å². The summed E-state index contributed by atoms with van der Waals surface area (Å²) in [6, 6.07) is 5.21. The van der Waals surface area contributed by atoms with Crippen LogP contribution in [-0.2, 0) is 0 Å². The summed E-state index contributed by atoms with van der Waals surface area (Å²) in [5.41, 5.74) is 0.0209. The molecule has 0 aliphatic heterocycles. The molecular formula is C14H21NO3. The number of carbonyl (C=O) groups is 1. The zero-order chi connectivity index (χ0) is 13.8. The number of rotatable bonds is 6. The molecule has 4 heteroatoms. The van der Waals surface area contributed by atoms with Crippen molar-refractivity contribution in [2.45, 2.75) is 26.3 Å². The molecule has 1 aromatic rings. The molecule has 1 aromatic carbocycles. The molecule has 1 rings (SSSR count). The van der Waals surface area contributed by atoms with E-state index in [-0.39, 0.29) is 5.78 Å². The van der Waals surface area contributed by atoms with Crippen molar-refractivity contribution in [2.75, 3.05) is 20.8 Å². The lowest BCUT2D eigenvalue weighted by molar-refractivity contribution is 0.0883. The molecule has 0 aliphatic carbocycles. The van der Waals surface area contributed by atoms with Gasteiger partial charge in [0.1, 0.15) is 0 Å². The number of likely N-dealkylation sites (N-methyl/N-ethyl adjacent to an activating group) is 1. The van der Waals surface area contributed by atoms with E-state index in [2.05, 4.69) is 5.32 Å². The van der Waals surface area contributed by atoms with Gasteiger partial charge in [0, 0.05) is 5.56 Å². The van der Waals surface area contributed by atoms with E-state index in [4.69, 9.17) is 9.47 Å². The van der Waals surface area contributed by atoms with Crippen molar-refractivity contribution >= 4 is 5.78 Å². The third-order valence-corrected chi connectivity index (χ3v) is 2.83. The monoisotopic (exact) mass is 251 g/mol.